The molecule has 1 aliphatic heterocycles. The molecule has 34 heavy (non-hydrogen) atoms. The van der Waals surface area contributed by atoms with E-state index >= 15 is 0 Å². The van der Waals surface area contributed by atoms with Crippen molar-refractivity contribution in [3.63, 3.8) is 0 Å². The molecule has 2 aromatic rings. The summed E-state index contributed by atoms with van der Waals surface area (Å²) >= 11 is 0. The maximum absolute atomic E-state index is 13.4. The molecule has 8 nitrogen and oxygen atoms in total. The minimum atomic E-state index is -0.922. The van der Waals surface area contributed by atoms with Gasteiger partial charge in [0.25, 0.3) is 5.91 Å². The Bertz CT molecular complexity index is 949. The molecule has 1 unspecified atom stereocenters. The van der Waals surface area contributed by atoms with E-state index in [1.54, 1.807) is 24.3 Å². The predicted molar refractivity (Wildman–Crippen MR) is 127 cm³/mol. The lowest BCUT2D eigenvalue weighted by molar-refractivity contribution is -0.147. The van der Waals surface area contributed by atoms with Gasteiger partial charge in [0, 0.05) is 13.1 Å². The van der Waals surface area contributed by atoms with Crippen molar-refractivity contribution < 1.29 is 28.6 Å². The fourth-order valence-electron chi connectivity index (χ4n) is 3.67. The molecule has 0 saturated carbocycles. The summed E-state index contributed by atoms with van der Waals surface area (Å²) in [6.07, 6.45) is 2.58. The topological polar surface area (TPSA) is 94.2 Å². The standard InChI is InChI=1S/C26H32N2O6/c1-2-3-9-16-34-24(29)19-22-25(30)27-14-15-28(22)26(31)21-12-7-8-13-23(21)33-18-17-32-20-10-5-4-6-11-20/h4-8,10-13,22H,2-3,9,14-19H2,1H3,(H,27,30). The maximum atomic E-state index is 13.4. The molecule has 0 bridgehead atoms. The van der Waals surface area contributed by atoms with Crippen LogP contribution in [-0.4, -0.2) is 61.6 Å². The summed E-state index contributed by atoms with van der Waals surface area (Å²) < 4.78 is 16.7. The molecular weight excluding hydrogens is 436 g/mol. The van der Waals surface area contributed by atoms with Gasteiger partial charge in [-0.05, 0) is 30.7 Å². The minimum absolute atomic E-state index is 0.183. The van der Waals surface area contributed by atoms with Crippen molar-refractivity contribution in [3.05, 3.63) is 60.2 Å². The minimum Gasteiger partial charge on any atom is -0.490 e. The van der Waals surface area contributed by atoms with Crippen molar-refractivity contribution in [1.82, 2.24) is 10.2 Å². The van der Waals surface area contributed by atoms with Crippen LogP contribution < -0.4 is 14.8 Å². The Kier molecular flexibility index (Phi) is 9.76. The van der Waals surface area contributed by atoms with Crippen molar-refractivity contribution in [1.29, 1.82) is 0 Å². The van der Waals surface area contributed by atoms with Gasteiger partial charge in [-0.2, -0.15) is 0 Å². The SMILES string of the molecule is CCCCCOC(=O)CC1C(=O)NCCN1C(=O)c1ccccc1OCCOc1ccccc1. The van der Waals surface area contributed by atoms with Gasteiger partial charge in [-0.1, -0.05) is 50.1 Å². The summed E-state index contributed by atoms with van der Waals surface area (Å²) in [6.45, 7) is 3.55. The van der Waals surface area contributed by atoms with Crippen LogP contribution in [0.5, 0.6) is 11.5 Å². The zero-order chi connectivity index (χ0) is 24.2. The number of unbranched alkanes of at least 4 members (excludes halogenated alkanes) is 2. The molecule has 1 aliphatic rings. The number of hydrogen-bond donors (Lipinski definition) is 1. The van der Waals surface area contributed by atoms with Crippen molar-refractivity contribution in [2.24, 2.45) is 0 Å². The summed E-state index contributed by atoms with van der Waals surface area (Å²) in [4.78, 5) is 39.6. The van der Waals surface area contributed by atoms with Crippen LogP contribution in [0.3, 0.4) is 0 Å². The largest absolute Gasteiger partial charge is 0.490 e. The summed E-state index contributed by atoms with van der Waals surface area (Å²) in [6, 6.07) is 15.3. The lowest BCUT2D eigenvalue weighted by Crippen LogP contribution is -2.57. The summed E-state index contributed by atoms with van der Waals surface area (Å²) in [5.74, 6) is -0.0771. The third-order valence-corrected chi connectivity index (χ3v) is 5.43. The average Bonchev–Trinajstić information content (AvgIpc) is 2.86. The Labute approximate surface area is 200 Å². The Morgan fingerprint density at radius 1 is 0.971 bits per heavy atom. The van der Waals surface area contributed by atoms with Crippen LogP contribution >= 0.6 is 0 Å². The van der Waals surface area contributed by atoms with E-state index in [2.05, 4.69) is 12.2 Å². The van der Waals surface area contributed by atoms with Crippen LogP contribution in [0, 0.1) is 0 Å². The highest BCUT2D eigenvalue weighted by Gasteiger charge is 2.36. The van der Waals surface area contributed by atoms with Gasteiger partial charge in [0.05, 0.1) is 18.6 Å². The second kappa shape index (κ2) is 13.2. The van der Waals surface area contributed by atoms with Crippen LogP contribution in [0.2, 0.25) is 0 Å². The molecule has 1 N–H and O–H groups in total. The van der Waals surface area contributed by atoms with Crippen LogP contribution in [0.4, 0.5) is 0 Å². The number of amides is 2. The molecule has 182 valence electrons. The van der Waals surface area contributed by atoms with E-state index in [1.165, 1.54) is 4.90 Å². The number of piperazine rings is 1. The number of benzene rings is 2. The number of hydrogen-bond acceptors (Lipinski definition) is 6. The first kappa shape index (κ1) is 25.1. The molecule has 2 amide bonds. The molecule has 8 heteroatoms. The number of carbonyl (C=O) groups excluding carboxylic acids is 3. The number of rotatable bonds is 12. The highest BCUT2D eigenvalue weighted by Crippen LogP contribution is 2.23. The van der Waals surface area contributed by atoms with Gasteiger partial charge >= 0.3 is 5.97 Å². The number of ether oxygens (including phenoxy) is 3. The van der Waals surface area contributed by atoms with Gasteiger partial charge in [0.1, 0.15) is 30.8 Å². The average molecular weight is 469 g/mol. The molecule has 0 aliphatic carbocycles. The molecule has 1 saturated heterocycles. The summed E-state index contributed by atoms with van der Waals surface area (Å²) in [5.41, 5.74) is 0.332. The monoisotopic (exact) mass is 468 g/mol. The van der Waals surface area contributed by atoms with Crippen LogP contribution in [-0.2, 0) is 14.3 Å². The van der Waals surface area contributed by atoms with Gasteiger partial charge in [-0.3, -0.25) is 14.4 Å². The highest BCUT2D eigenvalue weighted by atomic mass is 16.5. The Hall–Kier alpha value is -3.55. The van der Waals surface area contributed by atoms with Gasteiger partial charge in [0.2, 0.25) is 5.91 Å². The van der Waals surface area contributed by atoms with Crippen LogP contribution in [0.1, 0.15) is 43.0 Å². The normalized spacial score (nSPS) is 15.4. The lowest BCUT2D eigenvalue weighted by atomic mass is 10.1. The van der Waals surface area contributed by atoms with Gasteiger partial charge in [-0.25, -0.2) is 0 Å². The molecule has 0 spiro atoms. The number of carbonyl (C=O) groups is 3. The molecule has 3 rings (SSSR count). The maximum Gasteiger partial charge on any atom is 0.308 e. The second-order valence-corrected chi connectivity index (χ2v) is 7.94. The van der Waals surface area contributed by atoms with Crippen LogP contribution in [0.25, 0.3) is 0 Å². The van der Waals surface area contributed by atoms with Crippen LogP contribution in [0.15, 0.2) is 54.6 Å². The second-order valence-electron chi connectivity index (χ2n) is 7.94. The van der Waals surface area contributed by atoms with E-state index in [-0.39, 0.29) is 24.8 Å². The van der Waals surface area contributed by atoms with E-state index in [9.17, 15) is 14.4 Å². The Morgan fingerprint density at radius 3 is 2.50 bits per heavy atom. The fraction of sp³-hybridized carbons (Fsp3) is 0.423. The molecule has 0 aromatic heterocycles. The van der Waals surface area contributed by atoms with Gasteiger partial charge < -0.3 is 24.4 Å². The van der Waals surface area contributed by atoms with Crippen molar-refractivity contribution in [3.8, 4) is 11.5 Å². The smallest absolute Gasteiger partial charge is 0.308 e. The Balaban J connectivity index is 1.62. The number of nitrogens with zero attached hydrogens (tertiary/aromatic N) is 1. The summed E-state index contributed by atoms with van der Waals surface area (Å²) in [5, 5.41) is 2.73. The predicted octanol–water partition coefficient (Wildman–Crippen LogP) is 3.21. The first-order valence-corrected chi connectivity index (χ1v) is 11.7. The first-order chi connectivity index (χ1) is 16.6. The molecule has 1 atom stereocenters. The molecule has 1 heterocycles. The van der Waals surface area contributed by atoms with E-state index in [4.69, 9.17) is 14.2 Å². The van der Waals surface area contributed by atoms with Crippen molar-refractivity contribution in [2.45, 2.75) is 38.6 Å². The Morgan fingerprint density at radius 2 is 1.71 bits per heavy atom. The number of nitrogens with one attached hydrogen (secondary N) is 1. The summed E-state index contributed by atoms with van der Waals surface area (Å²) in [7, 11) is 0. The van der Waals surface area contributed by atoms with E-state index < -0.39 is 12.0 Å². The first-order valence-electron chi connectivity index (χ1n) is 11.7. The molecule has 2 aromatic carbocycles. The van der Waals surface area contributed by atoms with Gasteiger partial charge in [-0.15, -0.1) is 0 Å². The molecular formula is C26H32N2O6. The third kappa shape index (κ3) is 7.23. The fourth-order valence-corrected chi connectivity index (χ4v) is 3.67. The quantitative estimate of drug-likeness (QED) is 0.380. The van der Waals surface area contributed by atoms with E-state index in [0.717, 1.165) is 25.0 Å². The zero-order valence-electron chi connectivity index (χ0n) is 19.5. The van der Waals surface area contributed by atoms with E-state index in [0.29, 0.717) is 37.6 Å². The highest BCUT2D eigenvalue weighted by molar-refractivity contribution is 6.01. The molecule has 1 fully saturated rings. The van der Waals surface area contributed by atoms with Crippen molar-refractivity contribution in [2.75, 3.05) is 32.9 Å². The van der Waals surface area contributed by atoms with Crippen molar-refractivity contribution >= 4 is 17.8 Å². The lowest BCUT2D eigenvalue weighted by Gasteiger charge is -2.34. The third-order valence-electron chi connectivity index (χ3n) is 5.43. The number of esters is 1. The van der Waals surface area contributed by atoms with E-state index in [1.807, 2.05) is 30.3 Å². The number of para-hydroxylation sites is 2. The van der Waals surface area contributed by atoms with Gasteiger partial charge in [0.15, 0.2) is 0 Å². The molecule has 0 radical (unpaired) electrons. The zero-order valence-corrected chi connectivity index (χ0v) is 19.5.